The highest BCUT2D eigenvalue weighted by Crippen LogP contribution is 2.41. The van der Waals surface area contributed by atoms with Gasteiger partial charge in [0.1, 0.15) is 0 Å². The first-order chi connectivity index (χ1) is 52.5. The molecular formula is C96H60N8S2. The summed E-state index contributed by atoms with van der Waals surface area (Å²) in [6, 6.07) is 128. The third kappa shape index (κ3) is 11.3. The van der Waals surface area contributed by atoms with E-state index in [9.17, 15) is 0 Å². The first-order valence-corrected chi connectivity index (χ1v) is 37.1. The maximum Gasteiger partial charge on any atom is 0.164 e. The molecular weight excluding hydrogens is 1330 g/mol. The van der Waals surface area contributed by atoms with Crippen LogP contribution >= 0.6 is 22.7 Å². The van der Waals surface area contributed by atoms with Gasteiger partial charge in [0, 0.05) is 107 Å². The summed E-state index contributed by atoms with van der Waals surface area (Å²) in [6.07, 6.45) is 0. The summed E-state index contributed by atoms with van der Waals surface area (Å²) in [6.45, 7) is 0. The highest BCUT2D eigenvalue weighted by atomic mass is 32.1. The van der Waals surface area contributed by atoms with Crippen LogP contribution in [0.25, 0.3) is 197 Å². The van der Waals surface area contributed by atoms with Gasteiger partial charge < -0.3 is 9.13 Å². The molecule has 10 heteroatoms. The Bertz CT molecular complexity index is 6830. The molecule has 0 fully saturated rings. The van der Waals surface area contributed by atoms with Crippen molar-refractivity contribution >= 4 is 107 Å². The molecule has 496 valence electrons. The van der Waals surface area contributed by atoms with E-state index in [1.807, 2.05) is 36.4 Å². The zero-order valence-corrected chi connectivity index (χ0v) is 58.7. The van der Waals surface area contributed by atoms with Crippen LogP contribution in [0.3, 0.4) is 0 Å². The predicted octanol–water partition coefficient (Wildman–Crippen LogP) is 25.7. The zero-order valence-electron chi connectivity index (χ0n) is 57.0. The van der Waals surface area contributed by atoms with Gasteiger partial charge in [-0.15, -0.1) is 22.7 Å². The van der Waals surface area contributed by atoms with Crippen molar-refractivity contribution in [2.45, 2.75) is 0 Å². The van der Waals surface area contributed by atoms with Crippen LogP contribution in [0.4, 0.5) is 0 Å². The molecule has 6 aromatic heterocycles. The smallest absolute Gasteiger partial charge is 0.164 e. The quantitative estimate of drug-likeness (QED) is 0.128. The van der Waals surface area contributed by atoms with Crippen LogP contribution in [0.15, 0.2) is 364 Å². The fourth-order valence-corrected chi connectivity index (χ4v) is 17.3. The van der Waals surface area contributed by atoms with E-state index >= 15 is 0 Å². The van der Waals surface area contributed by atoms with Gasteiger partial charge in [-0.05, 0) is 106 Å². The third-order valence-corrected chi connectivity index (χ3v) is 22.4. The van der Waals surface area contributed by atoms with Crippen LogP contribution < -0.4 is 0 Å². The number of thiophene rings is 2. The SMILES string of the molecule is c1ccc(-c2ccc(-c3nc(-c4ccc(-c5cccc(-n6c7ccccc7c7ccccc76)c5)cc4)nc(-c4ccc5c(c4)sc4ccccc45)n3)cc2)cc1.c1ccc(-c2nc(-c3ccc(-c4cccc(-n5c6ccccc6c6ccccc65)c4)cc3)nc(-c3ccc4c(c3)sc3ccccc34)n2)cc1. The Morgan fingerprint density at radius 2 is 0.406 bits per heavy atom. The van der Waals surface area contributed by atoms with Crippen LogP contribution in [0.2, 0.25) is 0 Å². The van der Waals surface area contributed by atoms with Crippen molar-refractivity contribution in [2.24, 2.45) is 0 Å². The molecule has 0 amide bonds. The molecule has 0 bridgehead atoms. The van der Waals surface area contributed by atoms with Crippen LogP contribution in [0, 0.1) is 0 Å². The number of hydrogen-bond donors (Lipinski definition) is 0. The second-order valence-corrected chi connectivity index (χ2v) is 28.7. The van der Waals surface area contributed by atoms with Gasteiger partial charge in [-0.1, -0.05) is 291 Å². The molecule has 21 aromatic rings. The van der Waals surface area contributed by atoms with Crippen LogP contribution in [-0.4, -0.2) is 39.0 Å². The Morgan fingerprint density at radius 1 is 0.160 bits per heavy atom. The lowest BCUT2D eigenvalue weighted by Gasteiger charge is -2.11. The largest absolute Gasteiger partial charge is 0.309 e. The molecule has 0 spiro atoms. The fourth-order valence-electron chi connectivity index (χ4n) is 15.0. The van der Waals surface area contributed by atoms with Gasteiger partial charge in [0.15, 0.2) is 34.9 Å². The summed E-state index contributed by atoms with van der Waals surface area (Å²) in [7, 11) is 0. The van der Waals surface area contributed by atoms with E-state index in [-0.39, 0.29) is 0 Å². The van der Waals surface area contributed by atoms with Crippen LogP contribution in [0.1, 0.15) is 0 Å². The molecule has 0 radical (unpaired) electrons. The lowest BCUT2D eigenvalue weighted by atomic mass is 10.0. The Morgan fingerprint density at radius 3 is 0.774 bits per heavy atom. The van der Waals surface area contributed by atoms with Gasteiger partial charge in [-0.25, -0.2) is 29.9 Å². The topological polar surface area (TPSA) is 87.2 Å². The second-order valence-electron chi connectivity index (χ2n) is 26.5. The van der Waals surface area contributed by atoms with E-state index in [1.54, 1.807) is 22.7 Å². The summed E-state index contributed by atoms with van der Waals surface area (Å²) in [4.78, 5) is 30.3. The molecule has 0 saturated carbocycles. The summed E-state index contributed by atoms with van der Waals surface area (Å²) in [5.41, 5.74) is 19.6. The number of benzene rings is 15. The van der Waals surface area contributed by atoms with Gasteiger partial charge in [0.2, 0.25) is 0 Å². The zero-order chi connectivity index (χ0) is 70.0. The van der Waals surface area contributed by atoms with E-state index < -0.39 is 0 Å². The molecule has 0 aliphatic heterocycles. The molecule has 15 aromatic carbocycles. The molecule has 0 atom stereocenters. The highest BCUT2D eigenvalue weighted by molar-refractivity contribution is 7.26. The standard InChI is InChI=1S/C51H32N4S.C45H28N4S/c1-2-11-33(12-3-1)34-21-25-36(26-22-34)49-52-50(54-51(53-49)39-29-30-44-43-17-6-9-20-47(43)56-48(44)32-39)37-27-23-35(24-28-37)38-13-10-14-40(31-38)55-45-18-7-4-15-41(45)42-16-5-8-19-46(42)55;1-2-11-30(12-3-1)43-46-44(48-45(47-43)33-25-26-38-37-17-6-9-20-41(37)50-42(38)28-33)31-23-21-29(22-24-31)32-13-10-14-34(27-32)49-39-18-7-4-15-35(39)36-16-5-8-19-40(36)49/h1-32H;1-28H. The van der Waals surface area contributed by atoms with Crippen molar-refractivity contribution < 1.29 is 0 Å². The minimum absolute atomic E-state index is 0.638. The van der Waals surface area contributed by atoms with E-state index in [0.717, 1.165) is 72.6 Å². The number of aromatic nitrogens is 8. The van der Waals surface area contributed by atoms with Crippen molar-refractivity contribution in [2.75, 3.05) is 0 Å². The Labute approximate surface area is 618 Å². The molecule has 6 heterocycles. The minimum atomic E-state index is 0.638. The number of hydrogen-bond acceptors (Lipinski definition) is 8. The van der Waals surface area contributed by atoms with E-state index in [1.165, 1.54) is 89.5 Å². The molecule has 21 rings (SSSR count). The van der Waals surface area contributed by atoms with Gasteiger partial charge >= 0.3 is 0 Å². The molecule has 0 unspecified atom stereocenters. The fraction of sp³-hybridized carbons (Fsp3) is 0. The van der Waals surface area contributed by atoms with Crippen molar-refractivity contribution in [1.29, 1.82) is 0 Å². The first-order valence-electron chi connectivity index (χ1n) is 35.5. The maximum atomic E-state index is 5.11. The molecule has 0 aliphatic carbocycles. The van der Waals surface area contributed by atoms with Crippen LogP contribution in [0.5, 0.6) is 0 Å². The predicted molar refractivity (Wildman–Crippen MR) is 443 cm³/mol. The summed E-state index contributed by atoms with van der Waals surface area (Å²) < 4.78 is 9.71. The average molecular weight is 1390 g/mol. The van der Waals surface area contributed by atoms with Crippen molar-refractivity contribution in [3.05, 3.63) is 364 Å². The summed E-state index contributed by atoms with van der Waals surface area (Å²) in [5, 5.41) is 10.1. The molecule has 0 aliphatic rings. The molecule has 106 heavy (non-hydrogen) atoms. The normalized spacial score (nSPS) is 11.6. The number of para-hydroxylation sites is 4. The minimum Gasteiger partial charge on any atom is -0.309 e. The number of nitrogens with zero attached hydrogens (tertiary/aromatic N) is 8. The second kappa shape index (κ2) is 26.3. The van der Waals surface area contributed by atoms with Gasteiger partial charge in [-0.2, -0.15) is 0 Å². The lowest BCUT2D eigenvalue weighted by molar-refractivity contribution is 1.07. The van der Waals surface area contributed by atoms with Crippen molar-refractivity contribution in [3.8, 4) is 113 Å². The van der Waals surface area contributed by atoms with E-state index in [0.29, 0.717) is 34.9 Å². The molecule has 0 saturated heterocycles. The lowest BCUT2D eigenvalue weighted by Crippen LogP contribution is -2.00. The van der Waals surface area contributed by atoms with Gasteiger partial charge in [0.25, 0.3) is 0 Å². The Kier molecular flexibility index (Phi) is 15.4. The summed E-state index contributed by atoms with van der Waals surface area (Å²) in [5.74, 6) is 3.90. The average Bonchev–Trinajstić information content (AvgIpc) is 1.72. The van der Waals surface area contributed by atoms with E-state index in [4.69, 9.17) is 29.9 Å². The molecule has 0 N–H and O–H groups in total. The van der Waals surface area contributed by atoms with Crippen LogP contribution in [-0.2, 0) is 0 Å². The van der Waals surface area contributed by atoms with Crippen molar-refractivity contribution in [1.82, 2.24) is 39.0 Å². The Balaban J connectivity index is 0.000000141. The van der Waals surface area contributed by atoms with Gasteiger partial charge in [0.05, 0.1) is 22.1 Å². The first kappa shape index (κ1) is 62.2. The van der Waals surface area contributed by atoms with Gasteiger partial charge in [-0.3, -0.25) is 0 Å². The highest BCUT2D eigenvalue weighted by Gasteiger charge is 2.20. The third-order valence-electron chi connectivity index (χ3n) is 20.1. The monoisotopic (exact) mass is 1390 g/mol. The maximum absolute atomic E-state index is 5.11. The van der Waals surface area contributed by atoms with Crippen molar-refractivity contribution in [3.63, 3.8) is 0 Å². The Hall–Kier alpha value is -13.6. The number of rotatable bonds is 11. The summed E-state index contributed by atoms with van der Waals surface area (Å²) >= 11 is 3.60. The van der Waals surface area contributed by atoms with E-state index in [2.05, 4.69) is 337 Å². The molecule has 8 nitrogen and oxygen atoms in total. The number of fused-ring (bicyclic) bond motifs is 12.